The molecule has 0 spiro atoms. The maximum absolute atomic E-state index is 13.1. The second kappa shape index (κ2) is 5.01. The Morgan fingerprint density at radius 1 is 1.56 bits per heavy atom. The molecule has 0 aromatic heterocycles. The third-order valence-corrected chi connectivity index (χ3v) is 3.66. The van der Waals surface area contributed by atoms with E-state index in [1.54, 1.807) is 0 Å². The minimum atomic E-state index is -3.95. The molecule has 18 heavy (non-hydrogen) atoms. The third kappa shape index (κ3) is 2.95. The molecule has 1 aromatic rings. The first kappa shape index (κ1) is 13.9. The number of carboxylic acid groups (broad SMARTS) is 1. The Labute approximate surface area is 103 Å². The Balaban J connectivity index is 3.12. The van der Waals surface area contributed by atoms with Crippen LogP contribution in [-0.2, 0) is 10.0 Å². The normalized spacial score (nSPS) is 12.5. The number of carboxylic acids is 1. The highest BCUT2D eigenvalue weighted by molar-refractivity contribution is 7.93. The molecule has 0 radical (unpaired) electrons. The van der Waals surface area contributed by atoms with E-state index in [2.05, 4.69) is 0 Å². The first-order chi connectivity index (χ1) is 8.27. The summed E-state index contributed by atoms with van der Waals surface area (Å²) in [6, 6.07) is 4.28. The summed E-state index contributed by atoms with van der Waals surface area (Å²) in [6.45, 7) is 1.17. The molecular formula is C10H9FN2O4S. The SMILES string of the molecule is CC(C#N)S(=O)(=O)Nc1ccc(F)c(C(=O)O)c1. The minimum absolute atomic E-state index is 0.115. The van der Waals surface area contributed by atoms with Crippen molar-refractivity contribution >= 4 is 21.7 Å². The number of nitriles is 1. The number of sulfonamides is 1. The van der Waals surface area contributed by atoms with Crippen LogP contribution in [0.25, 0.3) is 0 Å². The fraction of sp³-hybridized carbons (Fsp3) is 0.200. The van der Waals surface area contributed by atoms with Crippen molar-refractivity contribution in [1.29, 1.82) is 5.26 Å². The van der Waals surface area contributed by atoms with E-state index >= 15 is 0 Å². The molecule has 1 unspecified atom stereocenters. The molecule has 0 heterocycles. The van der Waals surface area contributed by atoms with E-state index < -0.39 is 32.6 Å². The van der Waals surface area contributed by atoms with Crippen molar-refractivity contribution in [2.45, 2.75) is 12.2 Å². The lowest BCUT2D eigenvalue weighted by atomic mass is 10.2. The van der Waals surface area contributed by atoms with Crippen LogP contribution in [0.3, 0.4) is 0 Å². The van der Waals surface area contributed by atoms with Crippen molar-refractivity contribution in [2.75, 3.05) is 4.72 Å². The van der Waals surface area contributed by atoms with Crippen LogP contribution in [0.1, 0.15) is 17.3 Å². The summed E-state index contributed by atoms with van der Waals surface area (Å²) < 4.78 is 38.1. The maximum atomic E-state index is 13.1. The number of benzene rings is 1. The average molecular weight is 272 g/mol. The number of rotatable bonds is 4. The number of nitrogens with one attached hydrogen (secondary N) is 1. The number of hydrogen-bond donors (Lipinski definition) is 2. The van der Waals surface area contributed by atoms with Crippen molar-refractivity contribution in [3.05, 3.63) is 29.6 Å². The van der Waals surface area contributed by atoms with Crippen molar-refractivity contribution < 1.29 is 22.7 Å². The van der Waals surface area contributed by atoms with Gasteiger partial charge in [0.15, 0.2) is 5.25 Å². The van der Waals surface area contributed by atoms with E-state index in [1.807, 2.05) is 4.72 Å². The van der Waals surface area contributed by atoms with Gasteiger partial charge >= 0.3 is 5.97 Å². The lowest BCUT2D eigenvalue weighted by Crippen LogP contribution is -2.24. The van der Waals surface area contributed by atoms with Crippen LogP contribution in [0.4, 0.5) is 10.1 Å². The zero-order chi connectivity index (χ0) is 13.9. The molecule has 0 saturated heterocycles. The van der Waals surface area contributed by atoms with Crippen molar-refractivity contribution in [3.63, 3.8) is 0 Å². The average Bonchev–Trinajstić information content (AvgIpc) is 2.29. The van der Waals surface area contributed by atoms with Crippen LogP contribution >= 0.6 is 0 Å². The molecule has 8 heteroatoms. The van der Waals surface area contributed by atoms with Gasteiger partial charge in [-0.1, -0.05) is 0 Å². The number of nitrogens with zero attached hydrogens (tertiary/aromatic N) is 1. The zero-order valence-electron chi connectivity index (χ0n) is 9.21. The quantitative estimate of drug-likeness (QED) is 0.855. The van der Waals surface area contributed by atoms with E-state index in [0.29, 0.717) is 0 Å². The molecule has 96 valence electrons. The first-order valence-corrected chi connectivity index (χ1v) is 6.26. The zero-order valence-corrected chi connectivity index (χ0v) is 10.0. The van der Waals surface area contributed by atoms with E-state index in [4.69, 9.17) is 10.4 Å². The Hall–Kier alpha value is -2.14. The number of carbonyl (C=O) groups is 1. The summed E-state index contributed by atoms with van der Waals surface area (Å²) in [5.74, 6) is -2.49. The van der Waals surface area contributed by atoms with Gasteiger partial charge in [-0.25, -0.2) is 17.6 Å². The smallest absolute Gasteiger partial charge is 0.338 e. The van der Waals surface area contributed by atoms with Crippen molar-refractivity contribution in [3.8, 4) is 6.07 Å². The molecule has 0 aliphatic heterocycles. The van der Waals surface area contributed by atoms with E-state index in [0.717, 1.165) is 18.2 Å². The standard InChI is InChI=1S/C10H9FN2O4S/c1-6(5-12)18(16,17)13-7-2-3-9(11)8(4-7)10(14)15/h2-4,6,13H,1H3,(H,14,15). The van der Waals surface area contributed by atoms with Crippen molar-refractivity contribution in [2.24, 2.45) is 0 Å². The van der Waals surface area contributed by atoms with Gasteiger partial charge in [-0.2, -0.15) is 5.26 Å². The van der Waals surface area contributed by atoms with Crippen LogP contribution in [0, 0.1) is 17.1 Å². The Kier molecular flexibility index (Phi) is 3.88. The summed E-state index contributed by atoms with van der Waals surface area (Å²) in [5.41, 5.74) is -0.768. The van der Waals surface area contributed by atoms with Gasteiger partial charge < -0.3 is 5.11 Å². The van der Waals surface area contributed by atoms with Gasteiger partial charge in [-0.3, -0.25) is 4.72 Å². The predicted octanol–water partition coefficient (Wildman–Crippen LogP) is 1.18. The van der Waals surface area contributed by atoms with E-state index in [1.165, 1.54) is 13.0 Å². The summed E-state index contributed by atoms with van der Waals surface area (Å²) in [4.78, 5) is 10.7. The molecule has 2 N–H and O–H groups in total. The number of halogens is 1. The number of hydrogen-bond acceptors (Lipinski definition) is 4. The van der Waals surface area contributed by atoms with Crippen LogP contribution in [0.5, 0.6) is 0 Å². The highest BCUT2D eigenvalue weighted by atomic mass is 32.2. The van der Waals surface area contributed by atoms with Gasteiger partial charge in [0, 0.05) is 5.69 Å². The molecule has 0 saturated carbocycles. The first-order valence-electron chi connectivity index (χ1n) is 4.72. The summed E-state index contributed by atoms with van der Waals surface area (Å²) in [5, 5.41) is 15.9. The fourth-order valence-corrected chi connectivity index (χ4v) is 1.85. The second-order valence-electron chi connectivity index (χ2n) is 3.42. The molecule has 1 atom stereocenters. The Morgan fingerprint density at radius 2 is 2.17 bits per heavy atom. The number of aromatic carboxylic acids is 1. The molecule has 0 fully saturated rings. The van der Waals surface area contributed by atoms with Gasteiger partial charge in [0.25, 0.3) is 0 Å². The Bertz CT molecular complexity index is 621. The lowest BCUT2D eigenvalue weighted by Gasteiger charge is -2.09. The monoisotopic (exact) mass is 272 g/mol. The molecule has 6 nitrogen and oxygen atoms in total. The van der Waals surface area contributed by atoms with Gasteiger partial charge in [0.05, 0.1) is 11.6 Å². The lowest BCUT2D eigenvalue weighted by molar-refractivity contribution is 0.0692. The minimum Gasteiger partial charge on any atom is -0.478 e. The molecule has 1 rings (SSSR count). The molecule has 0 bridgehead atoms. The molecule has 0 amide bonds. The molecular weight excluding hydrogens is 263 g/mol. The van der Waals surface area contributed by atoms with Crippen molar-refractivity contribution in [1.82, 2.24) is 0 Å². The predicted molar refractivity (Wildman–Crippen MR) is 61.0 cm³/mol. The van der Waals surface area contributed by atoms with E-state index in [9.17, 15) is 17.6 Å². The van der Waals surface area contributed by atoms with Gasteiger partial charge in [-0.15, -0.1) is 0 Å². The third-order valence-electron chi connectivity index (χ3n) is 2.10. The topological polar surface area (TPSA) is 107 Å². The maximum Gasteiger partial charge on any atom is 0.338 e. The number of anilines is 1. The van der Waals surface area contributed by atoms with Crippen LogP contribution in [0.2, 0.25) is 0 Å². The highest BCUT2D eigenvalue weighted by Crippen LogP contribution is 2.17. The van der Waals surface area contributed by atoms with Crippen LogP contribution in [-0.4, -0.2) is 24.7 Å². The summed E-state index contributed by atoms with van der Waals surface area (Å²) in [6.07, 6.45) is 0. The van der Waals surface area contributed by atoms with Crippen LogP contribution < -0.4 is 4.72 Å². The largest absolute Gasteiger partial charge is 0.478 e. The highest BCUT2D eigenvalue weighted by Gasteiger charge is 2.21. The second-order valence-corrected chi connectivity index (χ2v) is 5.42. The van der Waals surface area contributed by atoms with Gasteiger partial charge in [0.2, 0.25) is 10.0 Å². The Morgan fingerprint density at radius 3 is 2.67 bits per heavy atom. The summed E-state index contributed by atoms with van der Waals surface area (Å²) >= 11 is 0. The molecule has 0 aliphatic carbocycles. The van der Waals surface area contributed by atoms with Gasteiger partial charge in [-0.05, 0) is 25.1 Å². The van der Waals surface area contributed by atoms with Crippen LogP contribution in [0.15, 0.2) is 18.2 Å². The van der Waals surface area contributed by atoms with Gasteiger partial charge in [0.1, 0.15) is 5.82 Å². The molecule has 1 aromatic carbocycles. The van der Waals surface area contributed by atoms with E-state index in [-0.39, 0.29) is 5.69 Å². The molecule has 0 aliphatic rings. The summed E-state index contributed by atoms with van der Waals surface area (Å²) in [7, 11) is -3.95. The fourth-order valence-electron chi connectivity index (χ4n) is 1.07.